The second-order valence-electron chi connectivity index (χ2n) is 6.05. The number of nitrogens with one attached hydrogen (secondary N) is 1. The molecule has 2 saturated heterocycles. The number of carboxylic acid groups (broad SMARTS) is 1. The second kappa shape index (κ2) is 6.14. The molecule has 3 unspecified atom stereocenters. The summed E-state index contributed by atoms with van der Waals surface area (Å²) < 4.78 is 0. The highest BCUT2D eigenvalue weighted by molar-refractivity contribution is 6.08. The Bertz CT molecular complexity index is 387. The third kappa shape index (κ3) is 2.83. The molecule has 3 atom stereocenters. The van der Waals surface area contributed by atoms with Gasteiger partial charge in [0.05, 0.1) is 6.04 Å². The Kier molecular flexibility index (Phi) is 4.70. The standard InChI is InChI=1S/C13H24BN3O3/c14-5-1-3-9-7-17(8-13(9,15)12(19)20)11(18)10-4-2-6-16-10/h9-10,16H,1-8,14-15H2,(H,19,20). The van der Waals surface area contributed by atoms with Crippen molar-refractivity contribution in [3.8, 4) is 0 Å². The molecule has 2 rings (SSSR count). The van der Waals surface area contributed by atoms with Crippen LogP contribution >= 0.6 is 0 Å². The molecule has 2 aliphatic heterocycles. The third-order valence-corrected chi connectivity index (χ3v) is 4.60. The average molecular weight is 281 g/mol. The molecule has 20 heavy (non-hydrogen) atoms. The highest BCUT2D eigenvalue weighted by atomic mass is 16.4. The number of carbonyl (C=O) groups is 2. The predicted octanol–water partition coefficient (Wildman–Crippen LogP) is -1.19. The molecule has 112 valence electrons. The van der Waals surface area contributed by atoms with Crippen LogP contribution in [0, 0.1) is 5.92 Å². The first-order valence-corrected chi connectivity index (χ1v) is 7.53. The van der Waals surface area contributed by atoms with Crippen LogP contribution in [0.5, 0.6) is 0 Å². The van der Waals surface area contributed by atoms with E-state index in [-0.39, 0.29) is 24.4 Å². The van der Waals surface area contributed by atoms with E-state index in [1.165, 1.54) is 0 Å². The van der Waals surface area contributed by atoms with Gasteiger partial charge in [-0.15, -0.1) is 0 Å². The van der Waals surface area contributed by atoms with E-state index in [1.54, 1.807) is 4.90 Å². The van der Waals surface area contributed by atoms with Crippen molar-refractivity contribution in [1.29, 1.82) is 0 Å². The lowest BCUT2D eigenvalue weighted by Crippen LogP contribution is -2.55. The average Bonchev–Trinajstić information content (AvgIpc) is 3.04. The number of carboxylic acids is 1. The zero-order chi connectivity index (χ0) is 14.8. The first-order valence-electron chi connectivity index (χ1n) is 7.53. The number of hydrogen-bond acceptors (Lipinski definition) is 4. The minimum atomic E-state index is -1.29. The molecular weight excluding hydrogens is 257 g/mol. The Hall–Kier alpha value is -1.08. The number of nitrogens with two attached hydrogens (primary N) is 1. The van der Waals surface area contributed by atoms with Crippen molar-refractivity contribution in [2.45, 2.75) is 43.6 Å². The summed E-state index contributed by atoms with van der Waals surface area (Å²) in [6.45, 7) is 1.46. The molecule has 4 N–H and O–H groups in total. The maximum Gasteiger partial charge on any atom is 0.325 e. The fraction of sp³-hybridized carbons (Fsp3) is 0.846. The van der Waals surface area contributed by atoms with Gasteiger partial charge in [0, 0.05) is 19.0 Å². The molecule has 0 spiro atoms. The number of carbonyl (C=O) groups excluding carboxylic acids is 1. The van der Waals surface area contributed by atoms with Crippen LogP contribution in [-0.4, -0.2) is 60.9 Å². The second-order valence-corrected chi connectivity index (χ2v) is 6.05. The van der Waals surface area contributed by atoms with E-state index < -0.39 is 11.5 Å². The topological polar surface area (TPSA) is 95.7 Å². The molecule has 7 heteroatoms. The lowest BCUT2D eigenvalue weighted by molar-refractivity contribution is -0.144. The summed E-state index contributed by atoms with van der Waals surface area (Å²) in [6, 6.07) is -0.155. The van der Waals surface area contributed by atoms with Crippen molar-refractivity contribution in [3.05, 3.63) is 0 Å². The first kappa shape index (κ1) is 15.3. The molecule has 2 aliphatic rings. The lowest BCUT2D eigenvalue weighted by Gasteiger charge is -2.25. The molecule has 0 radical (unpaired) electrons. The highest BCUT2D eigenvalue weighted by Crippen LogP contribution is 2.31. The normalized spacial score (nSPS) is 33.5. The van der Waals surface area contributed by atoms with Crippen LogP contribution in [0.3, 0.4) is 0 Å². The summed E-state index contributed by atoms with van der Waals surface area (Å²) in [6.07, 6.45) is 4.54. The van der Waals surface area contributed by atoms with E-state index in [9.17, 15) is 14.7 Å². The molecular formula is C13H24BN3O3. The Morgan fingerprint density at radius 2 is 2.25 bits per heavy atom. The van der Waals surface area contributed by atoms with E-state index >= 15 is 0 Å². The minimum Gasteiger partial charge on any atom is -0.480 e. The van der Waals surface area contributed by atoms with Crippen LogP contribution < -0.4 is 11.1 Å². The minimum absolute atomic E-state index is 0.0116. The molecule has 0 bridgehead atoms. The predicted molar refractivity (Wildman–Crippen MR) is 78.2 cm³/mol. The van der Waals surface area contributed by atoms with E-state index in [0.717, 1.165) is 38.5 Å². The van der Waals surface area contributed by atoms with Gasteiger partial charge in [-0.25, -0.2) is 0 Å². The molecule has 1 amide bonds. The summed E-state index contributed by atoms with van der Waals surface area (Å²) in [4.78, 5) is 25.6. The smallest absolute Gasteiger partial charge is 0.325 e. The van der Waals surface area contributed by atoms with Gasteiger partial charge < -0.3 is 21.1 Å². The molecule has 0 saturated carbocycles. The molecule has 0 aliphatic carbocycles. The van der Waals surface area contributed by atoms with Crippen LogP contribution in [0.25, 0.3) is 0 Å². The van der Waals surface area contributed by atoms with Gasteiger partial charge >= 0.3 is 5.97 Å². The van der Waals surface area contributed by atoms with E-state index in [2.05, 4.69) is 13.2 Å². The van der Waals surface area contributed by atoms with E-state index in [4.69, 9.17) is 5.73 Å². The Morgan fingerprint density at radius 3 is 2.80 bits per heavy atom. The van der Waals surface area contributed by atoms with E-state index in [1.807, 2.05) is 0 Å². The first-order chi connectivity index (χ1) is 9.49. The summed E-state index contributed by atoms with van der Waals surface area (Å²) in [5.41, 5.74) is 4.81. The maximum atomic E-state index is 12.4. The van der Waals surface area contributed by atoms with Crippen LogP contribution in [-0.2, 0) is 9.59 Å². The SMILES string of the molecule is BCCCC1CN(C(=O)C2CCCN2)CC1(N)C(=O)O. The van der Waals surface area contributed by atoms with E-state index in [0.29, 0.717) is 6.54 Å². The fourth-order valence-electron chi connectivity index (χ4n) is 3.26. The number of nitrogens with zero attached hydrogens (tertiary/aromatic N) is 1. The molecule has 6 nitrogen and oxygen atoms in total. The number of likely N-dealkylation sites (tertiary alicyclic amines) is 1. The summed E-state index contributed by atoms with van der Waals surface area (Å²) >= 11 is 0. The van der Waals surface area contributed by atoms with Crippen molar-refractivity contribution in [2.24, 2.45) is 11.7 Å². The van der Waals surface area contributed by atoms with Gasteiger partial charge in [-0.05, 0) is 25.8 Å². The number of aliphatic carboxylic acids is 1. The van der Waals surface area contributed by atoms with Gasteiger partial charge in [0.1, 0.15) is 13.4 Å². The van der Waals surface area contributed by atoms with Crippen molar-refractivity contribution in [2.75, 3.05) is 19.6 Å². The van der Waals surface area contributed by atoms with Crippen molar-refractivity contribution in [1.82, 2.24) is 10.2 Å². The molecule has 0 aromatic rings. The van der Waals surface area contributed by atoms with Crippen LogP contribution in [0.1, 0.15) is 25.7 Å². The van der Waals surface area contributed by atoms with Crippen molar-refractivity contribution >= 4 is 19.7 Å². The van der Waals surface area contributed by atoms with Gasteiger partial charge in [-0.3, -0.25) is 9.59 Å². The van der Waals surface area contributed by atoms with Crippen LogP contribution in [0.15, 0.2) is 0 Å². The summed E-state index contributed by atoms with van der Waals surface area (Å²) in [7, 11) is 2.07. The highest BCUT2D eigenvalue weighted by Gasteiger charge is 2.51. The van der Waals surface area contributed by atoms with Crippen molar-refractivity contribution in [3.63, 3.8) is 0 Å². The quantitative estimate of drug-likeness (QED) is 0.551. The molecule has 2 heterocycles. The fourth-order valence-corrected chi connectivity index (χ4v) is 3.26. The Balaban J connectivity index is 2.06. The molecule has 0 aromatic heterocycles. The van der Waals surface area contributed by atoms with Gasteiger partial charge in [0.2, 0.25) is 5.91 Å². The molecule has 0 aromatic carbocycles. The lowest BCUT2D eigenvalue weighted by atomic mass is 9.83. The summed E-state index contributed by atoms with van der Waals surface area (Å²) in [5.74, 6) is -1.13. The largest absolute Gasteiger partial charge is 0.480 e. The number of hydrogen-bond donors (Lipinski definition) is 3. The molecule has 2 fully saturated rings. The Labute approximate surface area is 120 Å². The Morgan fingerprint density at radius 1 is 1.50 bits per heavy atom. The van der Waals surface area contributed by atoms with Gasteiger partial charge in [0.15, 0.2) is 0 Å². The van der Waals surface area contributed by atoms with Crippen LogP contribution in [0.4, 0.5) is 0 Å². The van der Waals surface area contributed by atoms with Crippen molar-refractivity contribution < 1.29 is 14.7 Å². The maximum absolute atomic E-state index is 12.4. The number of rotatable bonds is 5. The zero-order valence-electron chi connectivity index (χ0n) is 12.1. The number of amides is 1. The van der Waals surface area contributed by atoms with Gasteiger partial charge in [-0.1, -0.05) is 12.7 Å². The third-order valence-electron chi connectivity index (χ3n) is 4.60. The van der Waals surface area contributed by atoms with Crippen LogP contribution in [0.2, 0.25) is 6.32 Å². The monoisotopic (exact) mass is 281 g/mol. The summed E-state index contributed by atoms with van der Waals surface area (Å²) in [5, 5.41) is 12.6. The zero-order valence-corrected chi connectivity index (χ0v) is 12.1. The van der Waals surface area contributed by atoms with Gasteiger partial charge in [0.25, 0.3) is 0 Å². The van der Waals surface area contributed by atoms with Gasteiger partial charge in [-0.2, -0.15) is 0 Å².